The quantitative estimate of drug-likeness (QED) is 0.340. The van der Waals surface area contributed by atoms with Crippen LogP contribution in [0, 0.1) is 12.8 Å². The van der Waals surface area contributed by atoms with Gasteiger partial charge in [0.05, 0.1) is 21.2 Å². The van der Waals surface area contributed by atoms with Crippen LogP contribution in [0.2, 0.25) is 5.02 Å². The minimum Gasteiger partial charge on any atom is -0.286 e. The fraction of sp³-hybridized carbons (Fsp3) is 0.320. The number of fused-ring (bicyclic) bond motifs is 1. The zero-order chi connectivity index (χ0) is 25.3. The van der Waals surface area contributed by atoms with Crippen molar-refractivity contribution in [3.63, 3.8) is 0 Å². The summed E-state index contributed by atoms with van der Waals surface area (Å²) in [5, 5.41) is 5.38. The molecule has 0 unspecified atom stereocenters. The fourth-order valence-electron chi connectivity index (χ4n) is 4.38. The van der Waals surface area contributed by atoms with Crippen LogP contribution in [0.25, 0.3) is 10.2 Å². The number of aryl methyl sites for hydroxylation is 1. The predicted molar refractivity (Wildman–Crippen MR) is 142 cm³/mol. The van der Waals surface area contributed by atoms with Crippen LogP contribution in [-0.2, 0) is 21.4 Å². The van der Waals surface area contributed by atoms with Crippen LogP contribution in [0.15, 0.2) is 65.8 Å². The van der Waals surface area contributed by atoms with Gasteiger partial charge in [-0.15, -0.1) is 0 Å². The third kappa shape index (κ3) is 5.04. The zero-order valence-electron chi connectivity index (χ0n) is 19.7. The average molecular weight is 544 g/mol. The number of thiazole rings is 1. The largest absolute Gasteiger partial charge is 0.286 e. The minimum atomic E-state index is -3.59. The number of amides is 1. The molecule has 1 amide bonds. The summed E-state index contributed by atoms with van der Waals surface area (Å²) < 4.78 is 30.4. The molecule has 0 radical (unpaired) electrons. The Balaban J connectivity index is 1.34. The van der Waals surface area contributed by atoms with E-state index in [4.69, 9.17) is 11.6 Å². The van der Waals surface area contributed by atoms with Crippen molar-refractivity contribution in [3.05, 3.63) is 71.5 Å². The summed E-state index contributed by atoms with van der Waals surface area (Å²) in [6.45, 7) is 3.43. The molecule has 1 aliphatic rings. The van der Waals surface area contributed by atoms with Gasteiger partial charge in [0.25, 0.3) is 0 Å². The van der Waals surface area contributed by atoms with Gasteiger partial charge in [-0.05, 0) is 50.1 Å². The number of hydrogen-bond donors (Lipinski definition) is 0. The van der Waals surface area contributed by atoms with Crippen molar-refractivity contribution in [3.8, 4) is 0 Å². The Kier molecular flexibility index (Phi) is 7.11. The molecule has 0 N–H and O–H groups in total. The summed E-state index contributed by atoms with van der Waals surface area (Å²) in [5.74, 6) is -0.348. The number of aromatic nitrogens is 3. The Morgan fingerprint density at radius 1 is 1.14 bits per heavy atom. The first kappa shape index (κ1) is 24.9. The Morgan fingerprint density at radius 3 is 2.56 bits per heavy atom. The maximum absolute atomic E-state index is 13.7. The first-order valence-electron chi connectivity index (χ1n) is 11.7. The lowest BCUT2D eigenvalue weighted by Gasteiger charge is -2.33. The number of benzene rings is 2. The fourth-order valence-corrected chi connectivity index (χ4v) is 7.14. The SMILES string of the molecule is Cc1ccc(S(=O)(=O)N2CCC(C(=O)N(CCn3cccn3)c3nc4c(Cl)cccc4s3)CC2)cc1. The molecule has 1 fully saturated rings. The Morgan fingerprint density at radius 2 is 1.89 bits per heavy atom. The summed E-state index contributed by atoms with van der Waals surface area (Å²) in [6.07, 6.45) is 4.46. The zero-order valence-corrected chi connectivity index (χ0v) is 22.1. The van der Waals surface area contributed by atoms with Crippen molar-refractivity contribution < 1.29 is 13.2 Å². The highest BCUT2D eigenvalue weighted by atomic mass is 35.5. The number of rotatable bonds is 7. The van der Waals surface area contributed by atoms with Crippen LogP contribution in [0.3, 0.4) is 0 Å². The molecular weight excluding hydrogens is 518 g/mol. The van der Waals surface area contributed by atoms with Crippen LogP contribution in [0.5, 0.6) is 0 Å². The molecule has 2 aromatic carbocycles. The van der Waals surface area contributed by atoms with Crippen molar-refractivity contribution in [2.45, 2.75) is 31.2 Å². The number of anilines is 1. The van der Waals surface area contributed by atoms with Crippen LogP contribution >= 0.6 is 22.9 Å². The van der Waals surface area contributed by atoms with Gasteiger partial charge in [0.2, 0.25) is 15.9 Å². The van der Waals surface area contributed by atoms with Crippen molar-refractivity contribution in [2.75, 3.05) is 24.5 Å². The van der Waals surface area contributed by atoms with Crippen molar-refractivity contribution in [1.82, 2.24) is 19.1 Å². The standard InChI is InChI=1S/C25H26ClN5O3S2/c1-18-6-8-20(9-7-18)36(33,34)30-14-10-19(11-15-30)24(32)31(17-16-29-13-3-12-27-29)25-28-23-21(26)4-2-5-22(23)35-25/h2-9,12-13,19H,10-11,14-17H2,1H3. The minimum absolute atomic E-state index is 0.0512. The predicted octanol–water partition coefficient (Wildman–Crippen LogP) is 4.59. The molecule has 1 aliphatic heterocycles. The van der Waals surface area contributed by atoms with Crippen molar-refractivity contribution in [1.29, 1.82) is 0 Å². The molecular formula is C25H26ClN5O3S2. The second kappa shape index (κ2) is 10.3. The van der Waals surface area contributed by atoms with Crippen LogP contribution < -0.4 is 4.90 Å². The molecule has 0 bridgehead atoms. The molecule has 0 atom stereocenters. The highest BCUT2D eigenvalue weighted by Gasteiger charge is 2.35. The molecule has 5 rings (SSSR count). The van der Waals surface area contributed by atoms with Crippen molar-refractivity contribution >= 4 is 54.2 Å². The van der Waals surface area contributed by atoms with E-state index in [1.54, 1.807) is 46.1 Å². The topological polar surface area (TPSA) is 88.4 Å². The van der Waals surface area contributed by atoms with E-state index in [0.717, 1.165) is 10.3 Å². The van der Waals surface area contributed by atoms with Gasteiger partial charge in [0, 0.05) is 37.9 Å². The molecule has 1 saturated heterocycles. The number of hydrogen-bond acceptors (Lipinski definition) is 6. The van der Waals surface area contributed by atoms with E-state index < -0.39 is 10.0 Å². The number of carbonyl (C=O) groups is 1. The first-order valence-corrected chi connectivity index (χ1v) is 14.4. The van der Waals surface area contributed by atoms with E-state index in [9.17, 15) is 13.2 Å². The highest BCUT2D eigenvalue weighted by molar-refractivity contribution is 7.89. The lowest BCUT2D eigenvalue weighted by Crippen LogP contribution is -2.45. The van der Waals surface area contributed by atoms with Gasteiger partial charge in [-0.3, -0.25) is 14.4 Å². The molecule has 2 aromatic heterocycles. The number of halogens is 1. The summed E-state index contributed by atoms with van der Waals surface area (Å²) in [4.78, 5) is 20.4. The highest BCUT2D eigenvalue weighted by Crippen LogP contribution is 2.34. The van der Waals surface area contributed by atoms with Crippen LogP contribution in [-0.4, -0.2) is 53.0 Å². The van der Waals surface area contributed by atoms with Crippen molar-refractivity contribution in [2.24, 2.45) is 5.92 Å². The molecule has 11 heteroatoms. The van der Waals surface area contributed by atoms with E-state index in [-0.39, 0.29) is 16.7 Å². The molecule has 0 aliphatic carbocycles. The number of carbonyl (C=O) groups excluding carboxylic acids is 1. The summed E-state index contributed by atoms with van der Waals surface area (Å²) in [6, 6.07) is 14.3. The summed E-state index contributed by atoms with van der Waals surface area (Å²) in [7, 11) is -3.59. The summed E-state index contributed by atoms with van der Waals surface area (Å²) in [5.41, 5.74) is 1.68. The first-order chi connectivity index (χ1) is 17.3. The van der Waals surface area contributed by atoms with Gasteiger partial charge in [0.15, 0.2) is 5.13 Å². The number of piperidine rings is 1. The van der Waals surface area contributed by atoms with Crippen LogP contribution in [0.4, 0.5) is 5.13 Å². The molecule has 36 heavy (non-hydrogen) atoms. The van der Waals surface area contributed by atoms with Gasteiger partial charge in [-0.2, -0.15) is 9.40 Å². The number of nitrogens with zero attached hydrogens (tertiary/aromatic N) is 5. The van der Waals surface area contributed by atoms with Gasteiger partial charge >= 0.3 is 0 Å². The number of sulfonamides is 1. The van der Waals surface area contributed by atoms with E-state index in [0.29, 0.717) is 54.7 Å². The average Bonchev–Trinajstić information content (AvgIpc) is 3.55. The second-order valence-electron chi connectivity index (χ2n) is 8.83. The normalized spacial score (nSPS) is 15.4. The van der Waals surface area contributed by atoms with E-state index in [1.165, 1.54) is 15.6 Å². The number of para-hydroxylation sites is 1. The molecule has 4 aromatic rings. The third-order valence-electron chi connectivity index (χ3n) is 6.43. The second-order valence-corrected chi connectivity index (χ2v) is 12.2. The molecule has 3 heterocycles. The van der Waals surface area contributed by atoms with E-state index in [1.807, 2.05) is 31.3 Å². The van der Waals surface area contributed by atoms with E-state index in [2.05, 4.69) is 10.1 Å². The van der Waals surface area contributed by atoms with Gasteiger partial charge in [-0.1, -0.05) is 46.7 Å². The lowest BCUT2D eigenvalue weighted by molar-refractivity contribution is -0.123. The maximum atomic E-state index is 13.7. The van der Waals surface area contributed by atoms with Crippen LogP contribution in [0.1, 0.15) is 18.4 Å². The summed E-state index contributed by atoms with van der Waals surface area (Å²) >= 11 is 7.77. The third-order valence-corrected chi connectivity index (χ3v) is 9.69. The van der Waals surface area contributed by atoms with Gasteiger partial charge < -0.3 is 0 Å². The smallest absolute Gasteiger partial charge is 0.243 e. The Hall–Kier alpha value is -2.79. The maximum Gasteiger partial charge on any atom is 0.243 e. The lowest BCUT2D eigenvalue weighted by atomic mass is 9.96. The molecule has 8 nitrogen and oxygen atoms in total. The Labute approximate surface area is 219 Å². The van der Waals surface area contributed by atoms with Gasteiger partial charge in [0.1, 0.15) is 5.52 Å². The molecule has 0 spiro atoms. The van der Waals surface area contributed by atoms with Gasteiger partial charge in [-0.25, -0.2) is 13.4 Å². The Bertz CT molecular complexity index is 1460. The monoisotopic (exact) mass is 543 g/mol. The molecule has 0 saturated carbocycles. The molecule has 188 valence electrons. The van der Waals surface area contributed by atoms with E-state index >= 15 is 0 Å².